The second-order valence-electron chi connectivity index (χ2n) is 3.62. The van der Waals surface area contributed by atoms with Crippen LogP contribution >= 0.6 is 11.3 Å². The van der Waals surface area contributed by atoms with Crippen LogP contribution in [-0.2, 0) is 13.0 Å². The lowest BCUT2D eigenvalue weighted by molar-refractivity contribution is 0.726. The van der Waals surface area contributed by atoms with E-state index in [1.54, 1.807) is 11.3 Å². The van der Waals surface area contributed by atoms with Crippen molar-refractivity contribution in [2.24, 2.45) is 0 Å². The maximum absolute atomic E-state index is 4.36. The highest BCUT2D eigenvalue weighted by molar-refractivity contribution is 7.09. The van der Waals surface area contributed by atoms with Crippen LogP contribution in [0.3, 0.4) is 0 Å². The van der Waals surface area contributed by atoms with E-state index in [4.69, 9.17) is 0 Å². The number of aryl methyl sites for hydroxylation is 1. The highest BCUT2D eigenvalue weighted by atomic mass is 32.1. The zero-order valence-corrected chi connectivity index (χ0v) is 9.92. The minimum Gasteiger partial charge on any atom is -0.329 e. The van der Waals surface area contributed by atoms with Gasteiger partial charge in [0.05, 0.1) is 24.1 Å². The molecule has 2 aromatic heterocycles. The van der Waals surface area contributed by atoms with Crippen molar-refractivity contribution >= 4 is 11.3 Å². The number of imidazole rings is 1. The average molecular weight is 221 g/mol. The molecule has 0 saturated heterocycles. The molecule has 0 aliphatic heterocycles. The fraction of sp³-hybridized carbons (Fsp3) is 0.455. The Kier molecular flexibility index (Phi) is 3.16. The summed E-state index contributed by atoms with van der Waals surface area (Å²) < 4.78 is 2.23. The van der Waals surface area contributed by atoms with E-state index >= 15 is 0 Å². The molecule has 2 rings (SSSR count). The Balaban J connectivity index is 2.21. The fourth-order valence-corrected chi connectivity index (χ4v) is 2.29. The lowest BCUT2D eigenvalue weighted by Crippen LogP contribution is -2.02. The summed E-state index contributed by atoms with van der Waals surface area (Å²) in [6, 6.07) is 0. The van der Waals surface area contributed by atoms with Crippen molar-refractivity contribution in [1.82, 2.24) is 14.5 Å². The molecule has 0 saturated carbocycles. The van der Waals surface area contributed by atoms with Crippen LogP contribution in [0.2, 0.25) is 0 Å². The van der Waals surface area contributed by atoms with Crippen LogP contribution in [0.4, 0.5) is 0 Å². The van der Waals surface area contributed by atoms with Crippen molar-refractivity contribution in [3.05, 3.63) is 34.3 Å². The molecule has 0 unspecified atom stereocenters. The van der Waals surface area contributed by atoms with E-state index in [0.717, 1.165) is 25.1 Å². The number of hydrogen-bond acceptors (Lipinski definition) is 3. The predicted octanol–water partition coefficient (Wildman–Crippen LogP) is 2.65. The van der Waals surface area contributed by atoms with Gasteiger partial charge in [0, 0.05) is 16.8 Å². The van der Waals surface area contributed by atoms with Crippen molar-refractivity contribution in [3.63, 3.8) is 0 Å². The van der Waals surface area contributed by atoms with E-state index in [1.165, 1.54) is 10.6 Å². The first-order valence-electron chi connectivity index (χ1n) is 5.19. The lowest BCUT2D eigenvalue weighted by atomic mass is 10.2. The van der Waals surface area contributed by atoms with Gasteiger partial charge in [0.1, 0.15) is 0 Å². The number of rotatable bonds is 4. The SMILES string of the molecule is CCCc1c(C)ncn1Cc1cncs1. The maximum Gasteiger partial charge on any atom is 0.0954 e. The lowest BCUT2D eigenvalue weighted by Gasteiger charge is -2.06. The first kappa shape index (κ1) is 10.4. The molecule has 4 heteroatoms. The van der Waals surface area contributed by atoms with Crippen LogP contribution in [0.15, 0.2) is 18.0 Å². The molecule has 0 amide bonds. The minimum atomic E-state index is 0.904. The van der Waals surface area contributed by atoms with E-state index < -0.39 is 0 Å². The van der Waals surface area contributed by atoms with Crippen molar-refractivity contribution < 1.29 is 0 Å². The normalized spacial score (nSPS) is 10.8. The molecule has 0 atom stereocenters. The fourth-order valence-electron chi connectivity index (χ4n) is 1.69. The third-order valence-corrected chi connectivity index (χ3v) is 3.22. The molecule has 0 bridgehead atoms. The summed E-state index contributed by atoms with van der Waals surface area (Å²) in [5.41, 5.74) is 4.38. The standard InChI is InChI=1S/C11H15N3S/c1-3-4-11-9(2)13-7-14(11)6-10-5-12-8-15-10/h5,7-8H,3-4,6H2,1-2H3. The Hall–Kier alpha value is -1.16. The summed E-state index contributed by atoms with van der Waals surface area (Å²) in [6.07, 6.45) is 6.12. The second kappa shape index (κ2) is 4.57. The average Bonchev–Trinajstić information content (AvgIpc) is 2.83. The number of aromatic nitrogens is 3. The second-order valence-corrected chi connectivity index (χ2v) is 4.59. The van der Waals surface area contributed by atoms with Crippen LogP contribution in [0, 0.1) is 6.92 Å². The van der Waals surface area contributed by atoms with Crippen LogP contribution in [0.5, 0.6) is 0 Å². The summed E-state index contributed by atoms with van der Waals surface area (Å²) in [4.78, 5) is 9.73. The molecule has 0 spiro atoms. The first-order chi connectivity index (χ1) is 7.31. The van der Waals surface area contributed by atoms with Gasteiger partial charge in [-0.1, -0.05) is 13.3 Å². The number of nitrogens with zero attached hydrogens (tertiary/aromatic N) is 3. The summed E-state index contributed by atoms with van der Waals surface area (Å²) >= 11 is 1.69. The topological polar surface area (TPSA) is 30.7 Å². The highest BCUT2D eigenvalue weighted by Crippen LogP contribution is 2.14. The molecule has 80 valence electrons. The van der Waals surface area contributed by atoms with Gasteiger partial charge in [-0.05, 0) is 13.3 Å². The van der Waals surface area contributed by atoms with Crippen LogP contribution < -0.4 is 0 Å². The third-order valence-electron chi connectivity index (χ3n) is 2.45. The molecule has 0 aliphatic carbocycles. The quantitative estimate of drug-likeness (QED) is 0.794. The summed E-state index contributed by atoms with van der Waals surface area (Å²) in [5.74, 6) is 0. The Morgan fingerprint density at radius 1 is 1.47 bits per heavy atom. The first-order valence-corrected chi connectivity index (χ1v) is 6.07. The molecular formula is C11H15N3S. The molecule has 0 aromatic carbocycles. The molecule has 2 aromatic rings. The van der Waals surface area contributed by atoms with Gasteiger partial charge in [0.15, 0.2) is 0 Å². The minimum absolute atomic E-state index is 0.904. The van der Waals surface area contributed by atoms with Crippen molar-refractivity contribution in [1.29, 1.82) is 0 Å². The molecule has 3 nitrogen and oxygen atoms in total. The van der Waals surface area contributed by atoms with Gasteiger partial charge < -0.3 is 4.57 Å². The Labute approximate surface area is 93.8 Å². The highest BCUT2D eigenvalue weighted by Gasteiger charge is 2.07. The number of thiazole rings is 1. The van der Waals surface area contributed by atoms with E-state index in [0.29, 0.717) is 0 Å². The zero-order chi connectivity index (χ0) is 10.7. The number of hydrogen-bond donors (Lipinski definition) is 0. The molecule has 2 heterocycles. The van der Waals surface area contributed by atoms with E-state index in [1.807, 2.05) is 18.0 Å². The van der Waals surface area contributed by atoms with Gasteiger partial charge in [0.2, 0.25) is 0 Å². The summed E-state index contributed by atoms with van der Waals surface area (Å²) in [7, 11) is 0. The van der Waals surface area contributed by atoms with Gasteiger partial charge in [-0.25, -0.2) is 4.98 Å². The van der Waals surface area contributed by atoms with Gasteiger partial charge in [-0.15, -0.1) is 11.3 Å². The van der Waals surface area contributed by atoms with Gasteiger partial charge in [0.25, 0.3) is 0 Å². The molecule has 0 radical (unpaired) electrons. The molecule has 0 fully saturated rings. The van der Waals surface area contributed by atoms with Crippen LogP contribution in [0.25, 0.3) is 0 Å². The Morgan fingerprint density at radius 2 is 2.33 bits per heavy atom. The zero-order valence-electron chi connectivity index (χ0n) is 9.10. The monoisotopic (exact) mass is 221 g/mol. The van der Waals surface area contributed by atoms with Crippen LogP contribution in [-0.4, -0.2) is 14.5 Å². The Bertz CT molecular complexity index is 417. The summed E-state index contributed by atoms with van der Waals surface area (Å²) in [5, 5.41) is 0. The van der Waals surface area contributed by atoms with E-state index in [9.17, 15) is 0 Å². The molecule has 0 aliphatic rings. The van der Waals surface area contributed by atoms with Crippen molar-refractivity contribution in [3.8, 4) is 0 Å². The van der Waals surface area contributed by atoms with Crippen LogP contribution in [0.1, 0.15) is 29.6 Å². The summed E-state index contributed by atoms with van der Waals surface area (Å²) in [6.45, 7) is 5.18. The van der Waals surface area contributed by atoms with E-state index in [2.05, 4.69) is 28.4 Å². The predicted molar refractivity (Wildman–Crippen MR) is 62.2 cm³/mol. The maximum atomic E-state index is 4.36. The van der Waals surface area contributed by atoms with Gasteiger partial charge in [-0.2, -0.15) is 0 Å². The van der Waals surface area contributed by atoms with Gasteiger partial charge in [-0.3, -0.25) is 4.98 Å². The van der Waals surface area contributed by atoms with Crippen molar-refractivity contribution in [2.75, 3.05) is 0 Å². The molecule has 0 N–H and O–H groups in total. The largest absolute Gasteiger partial charge is 0.329 e. The van der Waals surface area contributed by atoms with Crippen molar-refractivity contribution in [2.45, 2.75) is 33.2 Å². The molecule has 15 heavy (non-hydrogen) atoms. The Morgan fingerprint density at radius 3 is 3.00 bits per heavy atom. The van der Waals surface area contributed by atoms with E-state index in [-0.39, 0.29) is 0 Å². The molecular weight excluding hydrogens is 206 g/mol. The van der Waals surface area contributed by atoms with Gasteiger partial charge >= 0.3 is 0 Å². The third kappa shape index (κ3) is 2.26. The smallest absolute Gasteiger partial charge is 0.0954 e.